The second kappa shape index (κ2) is 5.05. The molecule has 0 atom stereocenters. The normalized spacial score (nSPS) is 10.7. The predicted octanol–water partition coefficient (Wildman–Crippen LogP) is 2.07. The summed E-state index contributed by atoms with van der Waals surface area (Å²) in [4.78, 5) is 0. The molecule has 1 aromatic rings. The highest BCUT2D eigenvalue weighted by Gasteiger charge is 2.11. The fourth-order valence-corrected chi connectivity index (χ4v) is 1.63. The molecule has 2 nitrogen and oxygen atoms in total. The third kappa shape index (κ3) is 2.58. The Balaban J connectivity index is 2.68. The van der Waals surface area contributed by atoms with E-state index in [0.717, 1.165) is 0 Å². The van der Waals surface area contributed by atoms with E-state index in [9.17, 15) is 0 Å². The van der Waals surface area contributed by atoms with Gasteiger partial charge in [0.25, 0.3) is 5.82 Å². The van der Waals surface area contributed by atoms with Crippen molar-refractivity contribution in [3.63, 3.8) is 0 Å². The van der Waals surface area contributed by atoms with Crippen molar-refractivity contribution >= 4 is 0 Å². The minimum Gasteiger partial charge on any atom is -0.237 e. The quantitative estimate of drug-likeness (QED) is 0.615. The Morgan fingerprint density at radius 1 is 1.31 bits per heavy atom. The molecule has 0 unspecified atom stereocenters. The van der Waals surface area contributed by atoms with Crippen LogP contribution >= 0.6 is 0 Å². The number of rotatable bonds is 5. The monoisotopic (exact) mass is 181 g/mol. The second-order valence-corrected chi connectivity index (χ2v) is 3.62. The molecular formula is C11H21N2+. The Hall–Kier alpha value is -0.790. The van der Waals surface area contributed by atoms with Crippen LogP contribution in [0.25, 0.3) is 0 Å². The lowest BCUT2D eigenvalue weighted by atomic mass is 10.3. The number of nitrogens with zero attached hydrogens (tertiary/aromatic N) is 2. The lowest BCUT2D eigenvalue weighted by molar-refractivity contribution is -0.704. The summed E-state index contributed by atoms with van der Waals surface area (Å²) in [5.74, 6) is 1.45. The lowest BCUT2D eigenvalue weighted by Gasteiger charge is -2.00. The van der Waals surface area contributed by atoms with Crippen molar-refractivity contribution in [3.05, 3.63) is 18.2 Å². The van der Waals surface area contributed by atoms with Gasteiger partial charge in [0.05, 0.1) is 13.6 Å². The van der Waals surface area contributed by atoms with Crippen LogP contribution < -0.4 is 4.57 Å². The van der Waals surface area contributed by atoms with E-state index in [0.29, 0.717) is 0 Å². The summed E-state index contributed by atoms with van der Waals surface area (Å²) in [6.07, 6.45) is 9.32. The van der Waals surface area contributed by atoms with Crippen LogP contribution in [0.15, 0.2) is 12.4 Å². The first-order valence-electron chi connectivity index (χ1n) is 5.33. The molecule has 13 heavy (non-hydrogen) atoms. The predicted molar refractivity (Wildman–Crippen MR) is 54.5 cm³/mol. The highest BCUT2D eigenvalue weighted by atomic mass is 15.1. The van der Waals surface area contributed by atoms with E-state index in [2.05, 4.69) is 42.4 Å². The van der Waals surface area contributed by atoms with Gasteiger partial charge in [-0.15, -0.1) is 0 Å². The maximum atomic E-state index is 2.38. The minimum absolute atomic E-state index is 1.17. The van der Waals surface area contributed by atoms with Crippen molar-refractivity contribution in [3.8, 4) is 0 Å². The zero-order valence-corrected chi connectivity index (χ0v) is 9.08. The molecule has 0 radical (unpaired) electrons. The summed E-state index contributed by atoms with van der Waals surface area (Å²) in [5.41, 5.74) is 0. The zero-order valence-electron chi connectivity index (χ0n) is 9.08. The number of unbranched alkanes of at least 4 members (excludes halogenated alkanes) is 1. The molecule has 0 N–H and O–H groups in total. The summed E-state index contributed by atoms with van der Waals surface area (Å²) in [6.45, 7) is 5.65. The molecule has 2 heteroatoms. The van der Waals surface area contributed by atoms with Gasteiger partial charge in [0, 0.05) is 6.42 Å². The molecule has 74 valence electrons. The van der Waals surface area contributed by atoms with Crippen LogP contribution in [0.5, 0.6) is 0 Å². The maximum Gasteiger partial charge on any atom is 0.256 e. The summed E-state index contributed by atoms with van der Waals surface area (Å²) >= 11 is 0. The number of aromatic nitrogens is 2. The van der Waals surface area contributed by atoms with Crippen molar-refractivity contribution in [2.24, 2.45) is 7.05 Å². The SMILES string of the molecule is CCCC[n+]1ccn(C)c1CCC. The van der Waals surface area contributed by atoms with Gasteiger partial charge in [0.15, 0.2) is 0 Å². The summed E-state index contributed by atoms with van der Waals surface area (Å²) in [5, 5.41) is 0. The van der Waals surface area contributed by atoms with Crippen LogP contribution in [0.4, 0.5) is 0 Å². The summed E-state index contributed by atoms with van der Waals surface area (Å²) in [7, 11) is 2.13. The van der Waals surface area contributed by atoms with Crippen molar-refractivity contribution in [1.29, 1.82) is 0 Å². The van der Waals surface area contributed by atoms with E-state index in [4.69, 9.17) is 0 Å². The van der Waals surface area contributed by atoms with Crippen molar-refractivity contribution < 1.29 is 4.57 Å². The van der Waals surface area contributed by atoms with Gasteiger partial charge in [-0.05, 0) is 12.8 Å². The van der Waals surface area contributed by atoms with Crippen LogP contribution in [0, 0.1) is 0 Å². The van der Waals surface area contributed by atoms with E-state index in [-0.39, 0.29) is 0 Å². The van der Waals surface area contributed by atoms with Gasteiger partial charge in [-0.1, -0.05) is 20.3 Å². The molecule has 0 saturated heterocycles. The molecule has 0 fully saturated rings. The van der Waals surface area contributed by atoms with Crippen molar-refractivity contribution in [2.45, 2.75) is 46.1 Å². The first kappa shape index (κ1) is 10.3. The largest absolute Gasteiger partial charge is 0.256 e. The highest BCUT2D eigenvalue weighted by Crippen LogP contribution is 1.98. The first-order valence-corrected chi connectivity index (χ1v) is 5.33. The average Bonchev–Trinajstić information content (AvgIpc) is 2.46. The Labute approximate surface area is 81.2 Å². The van der Waals surface area contributed by atoms with Gasteiger partial charge in [-0.25, -0.2) is 9.13 Å². The molecule has 0 aliphatic carbocycles. The van der Waals surface area contributed by atoms with E-state index >= 15 is 0 Å². The third-order valence-corrected chi connectivity index (χ3v) is 2.44. The topological polar surface area (TPSA) is 8.81 Å². The second-order valence-electron chi connectivity index (χ2n) is 3.62. The van der Waals surface area contributed by atoms with Gasteiger partial charge >= 0.3 is 0 Å². The molecule has 0 spiro atoms. The van der Waals surface area contributed by atoms with E-state index in [1.54, 1.807) is 0 Å². The van der Waals surface area contributed by atoms with Gasteiger partial charge in [-0.3, -0.25) is 0 Å². The molecule has 0 aliphatic heterocycles. The first-order chi connectivity index (χ1) is 6.29. The van der Waals surface area contributed by atoms with Gasteiger partial charge in [0.1, 0.15) is 12.4 Å². The Kier molecular flexibility index (Phi) is 4.00. The molecule has 0 aliphatic rings. The smallest absolute Gasteiger partial charge is 0.237 e. The third-order valence-electron chi connectivity index (χ3n) is 2.44. The number of hydrogen-bond acceptors (Lipinski definition) is 0. The maximum absolute atomic E-state index is 2.38. The van der Waals surface area contributed by atoms with Gasteiger partial charge in [0.2, 0.25) is 0 Å². The van der Waals surface area contributed by atoms with Crippen molar-refractivity contribution in [1.82, 2.24) is 4.57 Å². The van der Waals surface area contributed by atoms with Gasteiger partial charge < -0.3 is 0 Å². The molecule has 0 saturated carbocycles. The lowest BCUT2D eigenvalue weighted by Crippen LogP contribution is -2.36. The molecule has 1 heterocycles. The average molecular weight is 181 g/mol. The number of aryl methyl sites for hydroxylation is 2. The standard InChI is InChI=1S/C11H21N2/c1-4-6-8-13-10-9-12(3)11(13)7-5-2/h9-10H,4-8H2,1-3H3/q+1. The fraction of sp³-hybridized carbons (Fsp3) is 0.727. The van der Waals surface area contributed by atoms with E-state index in [1.807, 2.05) is 0 Å². The molecular weight excluding hydrogens is 160 g/mol. The Morgan fingerprint density at radius 2 is 2.08 bits per heavy atom. The summed E-state index contributed by atoms with van der Waals surface area (Å²) in [6, 6.07) is 0. The van der Waals surface area contributed by atoms with Crippen LogP contribution in [0.3, 0.4) is 0 Å². The minimum atomic E-state index is 1.17. The number of hydrogen-bond donors (Lipinski definition) is 0. The van der Waals surface area contributed by atoms with Crippen molar-refractivity contribution in [2.75, 3.05) is 0 Å². The molecule has 0 bridgehead atoms. The fourth-order valence-electron chi connectivity index (χ4n) is 1.63. The Bertz CT molecular complexity index is 251. The molecule has 0 aromatic carbocycles. The van der Waals surface area contributed by atoms with Crippen LogP contribution in [0.1, 0.15) is 38.9 Å². The van der Waals surface area contributed by atoms with Crippen LogP contribution in [-0.2, 0) is 20.0 Å². The van der Waals surface area contributed by atoms with E-state index in [1.165, 1.54) is 38.1 Å². The Morgan fingerprint density at radius 3 is 2.69 bits per heavy atom. The molecule has 0 amide bonds. The number of imidazole rings is 1. The van der Waals surface area contributed by atoms with E-state index < -0.39 is 0 Å². The highest BCUT2D eigenvalue weighted by molar-refractivity contribution is 4.81. The molecule has 1 rings (SSSR count). The summed E-state index contributed by atoms with van der Waals surface area (Å²) < 4.78 is 4.62. The van der Waals surface area contributed by atoms with Gasteiger partial charge in [-0.2, -0.15) is 0 Å². The zero-order chi connectivity index (χ0) is 9.68. The molecule has 1 aromatic heterocycles. The van der Waals surface area contributed by atoms with Crippen LogP contribution in [-0.4, -0.2) is 4.57 Å². The van der Waals surface area contributed by atoms with Crippen LogP contribution in [0.2, 0.25) is 0 Å².